The molecule has 0 bridgehead atoms. The second-order valence-electron chi connectivity index (χ2n) is 5.53. The van der Waals surface area contributed by atoms with E-state index in [2.05, 4.69) is 5.32 Å². The lowest BCUT2D eigenvalue weighted by atomic mass is 9.99. The average molecular weight is 283 g/mol. The SMILES string of the molecule is COc1ccc(C(O)C(C)NC(C)(C)CO)cc1OC. The molecule has 0 aliphatic carbocycles. The van der Waals surface area contributed by atoms with Crippen LogP contribution >= 0.6 is 0 Å². The number of benzene rings is 1. The Bertz CT molecular complexity index is 434. The van der Waals surface area contributed by atoms with Crippen molar-refractivity contribution in [2.45, 2.75) is 38.5 Å². The van der Waals surface area contributed by atoms with Crippen molar-refractivity contribution in [1.29, 1.82) is 0 Å². The van der Waals surface area contributed by atoms with Crippen LogP contribution in [0.2, 0.25) is 0 Å². The molecule has 0 spiro atoms. The summed E-state index contributed by atoms with van der Waals surface area (Å²) >= 11 is 0. The van der Waals surface area contributed by atoms with Gasteiger partial charge in [0.25, 0.3) is 0 Å². The summed E-state index contributed by atoms with van der Waals surface area (Å²) in [5.41, 5.74) is 0.285. The van der Waals surface area contributed by atoms with Crippen molar-refractivity contribution in [3.63, 3.8) is 0 Å². The van der Waals surface area contributed by atoms with Crippen LogP contribution in [0.3, 0.4) is 0 Å². The highest BCUT2D eigenvalue weighted by atomic mass is 16.5. The summed E-state index contributed by atoms with van der Waals surface area (Å²) in [7, 11) is 3.13. The molecule has 5 heteroatoms. The predicted octanol–water partition coefficient (Wildman–Crippen LogP) is 1.49. The summed E-state index contributed by atoms with van der Waals surface area (Å²) in [5, 5.41) is 22.9. The van der Waals surface area contributed by atoms with Gasteiger partial charge >= 0.3 is 0 Å². The molecule has 5 nitrogen and oxygen atoms in total. The summed E-state index contributed by atoms with van der Waals surface area (Å²) in [6.07, 6.45) is -0.708. The van der Waals surface area contributed by atoms with Gasteiger partial charge in [-0.2, -0.15) is 0 Å². The molecule has 2 unspecified atom stereocenters. The number of hydrogen-bond donors (Lipinski definition) is 3. The van der Waals surface area contributed by atoms with E-state index in [1.807, 2.05) is 20.8 Å². The maximum atomic E-state index is 10.4. The molecule has 0 radical (unpaired) electrons. The first-order chi connectivity index (χ1) is 9.34. The predicted molar refractivity (Wildman–Crippen MR) is 78.3 cm³/mol. The number of hydrogen-bond acceptors (Lipinski definition) is 5. The van der Waals surface area contributed by atoms with E-state index in [4.69, 9.17) is 9.47 Å². The molecule has 1 aromatic rings. The highest BCUT2D eigenvalue weighted by Gasteiger charge is 2.24. The van der Waals surface area contributed by atoms with Gasteiger partial charge in [-0.1, -0.05) is 6.07 Å². The zero-order valence-electron chi connectivity index (χ0n) is 12.8. The van der Waals surface area contributed by atoms with E-state index in [1.165, 1.54) is 0 Å². The van der Waals surface area contributed by atoms with Crippen LogP contribution in [0.4, 0.5) is 0 Å². The first-order valence-electron chi connectivity index (χ1n) is 6.63. The molecule has 3 N–H and O–H groups in total. The Hall–Kier alpha value is -1.30. The van der Waals surface area contributed by atoms with Crippen molar-refractivity contribution in [1.82, 2.24) is 5.32 Å². The zero-order valence-corrected chi connectivity index (χ0v) is 12.8. The van der Waals surface area contributed by atoms with Crippen LogP contribution in [0.25, 0.3) is 0 Å². The maximum absolute atomic E-state index is 10.4. The van der Waals surface area contributed by atoms with Gasteiger partial charge in [0.15, 0.2) is 11.5 Å². The Morgan fingerprint density at radius 1 is 1.20 bits per heavy atom. The number of rotatable bonds is 7. The Kier molecular flexibility index (Phi) is 5.80. The van der Waals surface area contributed by atoms with Gasteiger partial charge in [-0.25, -0.2) is 0 Å². The molecule has 0 aromatic heterocycles. The number of aliphatic hydroxyl groups is 2. The smallest absolute Gasteiger partial charge is 0.161 e. The standard InChI is InChI=1S/C15H25NO4/c1-10(16-15(2,3)9-17)14(18)11-6-7-12(19-4)13(8-11)20-5/h6-8,10,14,16-18H,9H2,1-5H3. The molecule has 0 fully saturated rings. The summed E-state index contributed by atoms with van der Waals surface area (Å²) < 4.78 is 10.4. The van der Waals surface area contributed by atoms with Gasteiger partial charge in [-0.05, 0) is 38.5 Å². The lowest BCUT2D eigenvalue weighted by molar-refractivity contribution is 0.0989. The van der Waals surface area contributed by atoms with E-state index in [-0.39, 0.29) is 12.6 Å². The van der Waals surface area contributed by atoms with E-state index < -0.39 is 11.6 Å². The van der Waals surface area contributed by atoms with Gasteiger partial charge in [-0.15, -0.1) is 0 Å². The van der Waals surface area contributed by atoms with Crippen molar-refractivity contribution >= 4 is 0 Å². The van der Waals surface area contributed by atoms with Gasteiger partial charge < -0.3 is 25.0 Å². The first-order valence-corrected chi connectivity index (χ1v) is 6.63. The minimum Gasteiger partial charge on any atom is -0.493 e. The van der Waals surface area contributed by atoms with Crippen LogP contribution < -0.4 is 14.8 Å². The van der Waals surface area contributed by atoms with E-state index in [1.54, 1.807) is 32.4 Å². The highest BCUT2D eigenvalue weighted by Crippen LogP contribution is 2.31. The van der Waals surface area contributed by atoms with Crippen LogP contribution in [0.15, 0.2) is 18.2 Å². The number of ether oxygens (including phenoxy) is 2. The van der Waals surface area contributed by atoms with E-state index >= 15 is 0 Å². The quantitative estimate of drug-likeness (QED) is 0.707. The summed E-state index contributed by atoms with van der Waals surface area (Å²) in [6.45, 7) is 5.63. The molecular formula is C15H25NO4. The fraction of sp³-hybridized carbons (Fsp3) is 0.600. The first kappa shape index (κ1) is 16.8. The monoisotopic (exact) mass is 283 g/mol. The van der Waals surface area contributed by atoms with E-state index in [9.17, 15) is 10.2 Å². The van der Waals surface area contributed by atoms with E-state index in [0.29, 0.717) is 11.5 Å². The third-order valence-corrected chi connectivity index (χ3v) is 3.24. The van der Waals surface area contributed by atoms with Crippen molar-refractivity contribution in [2.75, 3.05) is 20.8 Å². The Balaban J connectivity index is 2.89. The third kappa shape index (κ3) is 4.10. The fourth-order valence-electron chi connectivity index (χ4n) is 2.07. The largest absolute Gasteiger partial charge is 0.493 e. The lowest BCUT2D eigenvalue weighted by Gasteiger charge is -2.31. The molecule has 2 atom stereocenters. The molecule has 0 heterocycles. The third-order valence-electron chi connectivity index (χ3n) is 3.24. The van der Waals surface area contributed by atoms with Crippen LogP contribution in [0.1, 0.15) is 32.4 Å². The maximum Gasteiger partial charge on any atom is 0.161 e. The fourth-order valence-corrected chi connectivity index (χ4v) is 2.07. The Morgan fingerprint density at radius 2 is 1.80 bits per heavy atom. The van der Waals surface area contributed by atoms with Gasteiger partial charge in [0.1, 0.15) is 0 Å². The molecule has 0 aliphatic rings. The van der Waals surface area contributed by atoms with Crippen LogP contribution in [-0.2, 0) is 0 Å². The molecular weight excluding hydrogens is 258 g/mol. The van der Waals surface area contributed by atoms with Gasteiger partial charge in [0.05, 0.1) is 26.9 Å². The van der Waals surface area contributed by atoms with Gasteiger partial charge in [0, 0.05) is 11.6 Å². The molecule has 20 heavy (non-hydrogen) atoms. The summed E-state index contributed by atoms with van der Waals surface area (Å²) in [5.74, 6) is 1.21. The second-order valence-corrected chi connectivity index (χ2v) is 5.53. The minimum atomic E-state index is -0.708. The molecule has 1 rings (SSSR count). The average Bonchev–Trinajstić information content (AvgIpc) is 2.45. The molecule has 114 valence electrons. The topological polar surface area (TPSA) is 71.0 Å². The highest BCUT2D eigenvalue weighted by molar-refractivity contribution is 5.43. The van der Waals surface area contributed by atoms with Gasteiger partial charge in [0.2, 0.25) is 0 Å². The number of methoxy groups -OCH3 is 2. The van der Waals surface area contributed by atoms with E-state index in [0.717, 1.165) is 5.56 Å². The number of nitrogens with one attached hydrogen (secondary N) is 1. The van der Waals surface area contributed by atoms with Crippen LogP contribution in [-0.4, -0.2) is 42.6 Å². The Labute approximate surface area is 120 Å². The van der Waals surface area contributed by atoms with Crippen molar-refractivity contribution in [3.8, 4) is 11.5 Å². The molecule has 0 aliphatic heterocycles. The molecule has 0 amide bonds. The van der Waals surface area contributed by atoms with Crippen molar-refractivity contribution in [3.05, 3.63) is 23.8 Å². The summed E-state index contributed by atoms with van der Waals surface area (Å²) in [6, 6.07) is 5.11. The Morgan fingerprint density at radius 3 is 2.30 bits per heavy atom. The van der Waals surface area contributed by atoms with Gasteiger partial charge in [-0.3, -0.25) is 0 Å². The second kappa shape index (κ2) is 6.92. The van der Waals surface area contributed by atoms with Crippen molar-refractivity contribution in [2.24, 2.45) is 0 Å². The lowest BCUT2D eigenvalue weighted by Crippen LogP contribution is -2.49. The minimum absolute atomic E-state index is 0.00397. The molecule has 1 aromatic carbocycles. The van der Waals surface area contributed by atoms with Crippen molar-refractivity contribution < 1.29 is 19.7 Å². The zero-order chi connectivity index (χ0) is 15.3. The molecule has 0 saturated carbocycles. The van der Waals surface area contributed by atoms with Crippen LogP contribution in [0.5, 0.6) is 11.5 Å². The van der Waals surface area contributed by atoms with Crippen LogP contribution in [0, 0.1) is 0 Å². The summed E-state index contributed by atoms with van der Waals surface area (Å²) in [4.78, 5) is 0. The number of aliphatic hydroxyl groups excluding tert-OH is 2. The normalized spacial score (nSPS) is 14.8. The molecule has 0 saturated heterocycles.